The molecule has 0 aromatic rings. The van der Waals surface area contributed by atoms with Gasteiger partial charge in [-0.15, -0.1) is 6.42 Å². The molecule has 1 saturated carbocycles. The molecular weight excluding hydrogens is 218 g/mol. The predicted octanol–water partition coefficient (Wildman–Crippen LogP) is 1.88. The van der Waals surface area contributed by atoms with Crippen LogP contribution in [0.2, 0.25) is 0 Å². The van der Waals surface area contributed by atoms with E-state index in [2.05, 4.69) is 11.2 Å². The Labute approximate surface area is 102 Å². The SMILES string of the molecule is C#CC(=O)C(NC(=O)OC(C)(C)C)C1CCC1. The van der Waals surface area contributed by atoms with Crippen molar-refractivity contribution >= 4 is 11.9 Å². The molecule has 0 aromatic heterocycles. The number of amides is 1. The molecule has 0 saturated heterocycles. The van der Waals surface area contributed by atoms with Gasteiger partial charge in [-0.1, -0.05) is 6.42 Å². The van der Waals surface area contributed by atoms with E-state index in [0.29, 0.717) is 0 Å². The molecule has 0 radical (unpaired) electrons. The Kier molecular flexibility index (Phi) is 4.17. The molecule has 1 fully saturated rings. The van der Waals surface area contributed by atoms with E-state index in [1.54, 1.807) is 20.8 Å². The Morgan fingerprint density at radius 2 is 2.00 bits per heavy atom. The van der Waals surface area contributed by atoms with E-state index in [0.717, 1.165) is 19.3 Å². The van der Waals surface area contributed by atoms with Crippen LogP contribution in [0.25, 0.3) is 0 Å². The van der Waals surface area contributed by atoms with Crippen LogP contribution in [0.4, 0.5) is 4.79 Å². The van der Waals surface area contributed by atoms with E-state index < -0.39 is 17.7 Å². The number of carbonyl (C=O) groups excluding carboxylic acids is 2. The third kappa shape index (κ3) is 4.10. The summed E-state index contributed by atoms with van der Waals surface area (Å²) in [6, 6.07) is -0.594. The zero-order valence-corrected chi connectivity index (χ0v) is 10.6. The van der Waals surface area contributed by atoms with Crippen LogP contribution in [-0.4, -0.2) is 23.5 Å². The van der Waals surface area contributed by atoms with Crippen molar-refractivity contribution < 1.29 is 14.3 Å². The fraction of sp³-hybridized carbons (Fsp3) is 0.692. The first kappa shape index (κ1) is 13.6. The van der Waals surface area contributed by atoms with E-state index in [4.69, 9.17) is 11.2 Å². The zero-order chi connectivity index (χ0) is 13.1. The van der Waals surface area contributed by atoms with Gasteiger partial charge in [-0.25, -0.2) is 4.79 Å². The quantitative estimate of drug-likeness (QED) is 0.602. The van der Waals surface area contributed by atoms with Crippen molar-refractivity contribution in [2.45, 2.75) is 51.7 Å². The van der Waals surface area contributed by atoms with E-state index in [1.807, 2.05) is 0 Å². The molecular formula is C13H19NO3. The van der Waals surface area contributed by atoms with Gasteiger partial charge in [0.1, 0.15) is 11.6 Å². The predicted molar refractivity (Wildman–Crippen MR) is 64.3 cm³/mol. The van der Waals surface area contributed by atoms with E-state index >= 15 is 0 Å². The highest BCUT2D eigenvalue weighted by molar-refractivity contribution is 6.00. The highest BCUT2D eigenvalue weighted by Gasteiger charge is 2.34. The van der Waals surface area contributed by atoms with Gasteiger partial charge in [-0.2, -0.15) is 0 Å². The number of hydrogen-bond donors (Lipinski definition) is 1. The first-order valence-corrected chi connectivity index (χ1v) is 5.83. The van der Waals surface area contributed by atoms with E-state index in [1.165, 1.54) is 0 Å². The van der Waals surface area contributed by atoms with Crippen LogP contribution in [0.5, 0.6) is 0 Å². The van der Waals surface area contributed by atoms with Crippen molar-refractivity contribution in [1.29, 1.82) is 0 Å². The maximum atomic E-state index is 11.6. The Bertz CT molecular complexity index is 345. The molecule has 1 N–H and O–H groups in total. The van der Waals surface area contributed by atoms with Crippen LogP contribution in [-0.2, 0) is 9.53 Å². The minimum atomic E-state index is -0.594. The second-order valence-corrected chi connectivity index (χ2v) is 5.32. The van der Waals surface area contributed by atoms with Gasteiger partial charge >= 0.3 is 6.09 Å². The molecule has 94 valence electrons. The molecule has 1 atom stereocenters. The number of nitrogens with one attached hydrogen (secondary N) is 1. The molecule has 1 rings (SSSR count). The van der Waals surface area contributed by atoms with Crippen molar-refractivity contribution in [3.8, 4) is 12.3 Å². The molecule has 1 unspecified atom stereocenters. The summed E-state index contributed by atoms with van der Waals surface area (Å²) in [5.41, 5.74) is -0.576. The lowest BCUT2D eigenvalue weighted by atomic mass is 9.78. The second-order valence-electron chi connectivity index (χ2n) is 5.32. The topological polar surface area (TPSA) is 55.4 Å². The number of carbonyl (C=O) groups is 2. The number of ketones is 1. The molecule has 0 aliphatic heterocycles. The van der Waals surface area contributed by atoms with Crippen LogP contribution in [0.15, 0.2) is 0 Å². The van der Waals surface area contributed by atoms with Crippen molar-refractivity contribution in [2.24, 2.45) is 5.92 Å². The maximum Gasteiger partial charge on any atom is 0.408 e. The summed E-state index contributed by atoms with van der Waals surface area (Å²) in [6.45, 7) is 5.32. The van der Waals surface area contributed by atoms with Gasteiger partial charge in [0.2, 0.25) is 5.78 Å². The summed E-state index contributed by atoms with van der Waals surface area (Å²) < 4.78 is 5.11. The zero-order valence-electron chi connectivity index (χ0n) is 10.6. The lowest BCUT2D eigenvalue weighted by Gasteiger charge is -2.32. The number of hydrogen-bond acceptors (Lipinski definition) is 3. The number of terminal acetylenes is 1. The molecule has 0 aromatic carbocycles. The summed E-state index contributed by atoms with van der Waals surface area (Å²) in [4.78, 5) is 23.1. The van der Waals surface area contributed by atoms with Crippen molar-refractivity contribution in [3.05, 3.63) is 0 Å². The van der Waals surface area contributed by atoms with Crippen LogP contribution in [0, 0.1) is 18.3 Å². The second kappa shape index (κ2) is 5.22. The van der Waals surface area contributed by atoms with Crippen LogP contribution >= 0.6 is 0 Å². The van der Waals surface area contributed by atoms with Crippen LogP contribution in [0.1, 0.15) is 40.0 Å². The van der Waals surface area contributed by atoms with Gasteiger partial charge in [0, 0.05) is 0 Å². The summed E-state index contributed by atoms with van der Waals surface area (Å²) in [5, 5.41) is 2.57. The fourth-order valence-corrected chi connectivity index (χ4v) is 1.69. The van der Waals surface area contributed by atoms with Gasteiger partial charge in [0.25, 0.3) is 0 Å². The largest absolute Gasteiger partial charge is 0.444 e. The highest BCUT2D eigenvalue weighted by atomic mass is 16.6. The summed E-state index contributed by atoms with van der Waals surface area (Å²) in [5.74, 6) is 1.86. The lowest BCUT2D eigenvalue weighted by Crippen LogP contribution is -2.49. The number of alkyl carbamates (subject to hydrolysis) is 1. The summed E-state index contributed by atoms with van der Waals surface area (Å²) >= 11 is 0. The maximum absolute atomic E-state index is 11.6. The molecule has 0 bridgehead atoms. The molecule has 0 heterocycles. The van der Waals surface area contributed by atoms with Crippen molar-refractivity contribution in [3.63, 3.8) is 0 Å². The Morgan fingerprint density at radius 1 is 1.41 bits per heavy atom. The minimum absolute atomic E-state index is 0.158. The van der Waals surface area contributed by atoms with Crippen molar-refractivity contribution in [2.75, 3.05) is 0 Å². The monoisotopic (exact) mass is 237 g/mol. The molecule has 4 heteroatoms. The van der Waals surface area contributed by atoms with E-state index in [9.17, 15) is 9.59 Å². The number of rotatable bonds is 3. The third-order valence-corrected chi connectivity index (χ3v) is 2.72. The van der Waals surface area contributed by atoms with Gasteiger partial charge in [0.15, 0.2) is 0 Å². The van der Waals surface area contributed by atoms with E-state index in [-0.39, 0.29) is 11.7 Å². The molecule has 1 aliphatic rings. The molecule has 1 aliphatic carbocycles. The Balaban J connectivity index is 2.58. The van der Waals surface area contributed by atoms with Gasteiger partial charge in [-0.05, 0) is 45.5 Å². The Morgan fingerprint density at radius 3 is 2.35 bits per heavy atom. The normalized spacial score (nSPS) is 17.5. The average molecular weight is 237 g/mol. The highest BCUT2D eigenvalue weighted by Crippen LogP contribution is 2.30. The summed E-state index contributed by atoms with van der Waals surface area (Å²) in [6.07, 6.45) is 7.44. The van der Waals surface area contributed by atoms with Crippen LogP contribution in [0.3, 0.4) is 0 Å². The minimum Gasteiger partial charge on any atom is -0.444 e. The van der Waals surface area contributed by atoms with Crippen LogP contribution < -0.4 is 5.32 Å². The molecule has 0 spiro atoms. The van der Waals surface area contributed by atoms with Gasteiger partial charge in [0.05, 0.1) is 0 Å². The van der Waals surface area contributed by atoms with Gasteiger partial charge in [-0.3, -0.25) is 4.79 Å². The third-order valence-electron chi connectivity index (χ3n) is 2.72. The van der Waals surface area contributed by atoms with Crippen molar-refractivity contribution in [1.82, 2.24) is 5.32 Å². The Hall–Kier alpha value is -1.50. The smallest absolute Gasteiger partial charge is 0.408 e. The fourth-order valence-electron chi connectivity index (χ4n) is 1.69. The number of ether oxygens (including phenoxy) is 1. The first-order valence-electron chi connectivity index (χ1n) is 5.83. The van der Waals surface area contributed by atoms with Gasteiger partial charge < -0.3 is 10.1 Å². The standard InChI is InChI=1S/C13H19NO3/c1-5-10(15)11(9-7-6-8-9)14-12(16)17-13(2,3)4/h1,9,11H,6-8H2,2-4H3,(H,14,16). The molecule has 4 nitrogen and oxygen atoms in total. The molecule has 17 heavy (non-hydrogen) atoms. The first-order chi connectivity index (χ1) is 7.83. The molecule has 1 amide bonds. The lowest BCUT2D eigenvalue weighted by molar-refractivity contribution is -0.117. The summed E-state index contributed by atoms with van der Waals surface area (Å²) in [7, 11) is 0. The number of Topliss-reactive ketones (excluding diaryl/α,β-unsaturated/α-hetero) is 1. The average Bonchev–Trinajstić information content (AvgIpc) is 2.09.